The van der Waals surface area contributed by atoms with E-state index in [0.717, 1.165) is 34.2 Å². The van der Waals surface area contributed by atoms with E-state index in [-0.39, 0.29) is 20.9 Å². The lowest BCUT2D eigenvalue weighted by atomic mass is 9.90. The van der Waals surface area contributed by atoms with Crippen LogP contribution in [0.25, 0.3) is 10.9 Å². The van der Waals surface area contributed by atoms with Gasteiger partial charge in [-0.1, -0.05) is 53.5 Å². The highest BCUT2D eigenvalue weighted by atomic mass is 35.5. The van der Waals surface area contributed by atoms with E-state index in [0.29, 0.717) is 32.5 Å². The topological polar surface area (TPSA) is 42.3 Å². The van der Waals surface area contributed by atoms with Gasteiger partial charge in [-0.3, -0.25) is 0 Å². The number of nitrogens with zero attached hydrogens (tertiary/aromatic N) is 2. The molecular weight excluding hydrogens is 544 g/mol. The number of aromatic nitrogens is 1. The summed E-state index contributed by atoms with van der Waals surface area (Å²) in [5.74, 6) is 0.146. The van der Waals surface area contributed by atoms with Crippen molar-refractivity contribution < 1.29 is 21.6 Å². The lowest BCUT2D eigenvalue weighted by Crippen LogP contribution is -2.37. The minimum atomic E-state index is -4.37. The van der Waals surface area contributed by atoms with Gasteiger partial charge < -0.3 is 4.57 Å². The van der Waals surface area contributed by atoms with Gasteiger partial charge in [0, 0.05) is 46.8 Å². The first kappa shape index (κ1) is 26.1. The van der Waals surface area contributed by atoms with Gasteiger partial charge in [-0.2, -0.15) is 17.5 Å². The molecule has 0 unspecified atom stereocenters. The highest BCUT2D eigenvalue weighted by Gasteiger charge is 2.32. The molecule has 37 heavy (non-hydrogen) atoms. The maximum Gasteiger partial charge on any atom is 0.416 e. The second-order valence-electron chi connectivity index (χ2n) is 9.21. The molecule has 0 radical (unpaired) electrons. The normalized spacial score (nSPS) is 15.9. The summed E-state index contributed by atoms with van der Waals surface area (Å²) in [6, 6.07) is 17.4. The molecule has 1 aliphatic heterocycles. The summed E-state index contributed by atoms with van der Waals surface area (Å²) in [7, 11) is -3.73. The van der Waals surface area contributed by atoms with E-state index in [1.54, 1.807) is 0 Å². The smallest absolute Gasteiger partial charge is 0.343 e. The van der Waals surface area contributed by atoms with Crippen molar-refractivity contribution in [3.05, 3.63) is 99.7 Å². The Morgan fingerprint density at radius 2 is 1.51 bits per heavy atom. The van der Waals surface area contributed by atoms with E-state index >= 15 is 0 Å². The fourth-order valence-corrected chi connectivity index (χ4v) is 7.16. The summed E-state index contributed by atoms with van der Waals surface area (Å²) in [6.45, 7) is 1.15. The van der Waals surface area contributed by atoms with Crippen molar-refractivity contribution in [1.29, 1.82) is 0 Å². The third-order valence-corrected chi connectivity index (χ3v) is 9.13. The third-order valence-electron chi connectivity index (χ3n) is 6.82. The van der Waals surface area contributed by atoms with Crippen LogP contribution in [0.4, 0.5) is 13.2 Å². The summed E-state index contributed by atoms with van der Waals surface area (Å²) in [6.07, 6.45) is -1.04. The molecule has 5 rings (SSSR count). The largest absolute Gasteiger partial charge is 0.416 e. The SMILES string of the molecule is O=S(=O)(c1cc(Cl)cc(Cl)c1)N1CCC(c2cn(Cc3ccc(C(F)(F)F)cc3)c3ccccc23)CC1. The van der Waals surface area contributed by atoms with Crippen LogP contribution >= 0.6 is 23.2 Å². The summed E-state index contributed by atoms with van der Waals surface area (Å²) < 4.78 is 68.7. The van der Waals surface area contributed by atoms with Crippen LogP contribution < -0.4 is 0 Å². The van der Waals surface area contributed by atoms with E-state index in [9.17, 15) is 21.6 Å². The van der Waals surface area contributed by atoms with E-state index in [1.807, 2.05) is 35.0 Å². The number of sulfonamides is 1. The number of hydrogen-bond acceptors (Lipinski definition) is 2. The second-order valence-corrected chi connectivity index (χ2v) is 12.0. The third kappa shape index (κ3) is 5.39. The molecule has 4 nitrogen and oxygen atoms in total. The van der Waals surface area contributed by atoms with Crippen molar-refractivity contribution >= 4 is 44.1 Å². The van der Waals surface area contributed by atoms with E-state index < -0.39 is 21.8 Å². The number of rotatable bonds is 5. The molecule has 0 amide bonds. The zero-order valence-electron chi connectivity index (χ0n) is 19.6. The maximum absolute atomic E-state index is 13.2. The van der Waals surface area contributed by atoms with Crippen LogP contribution in [0.5, 0.6) is 0 Å². The summed E-state index contributed by atoms with van der Waals surface area (Å²) >= 11 is 12.0. The van der Waals surface area contributed by atoms with Gasteiger partial charge in [-0.05, 0) is 66.3 Å². The van der Waals surface area contributed by atoms with Crippen LogP contribution in [0.2, 0.25) is 10.0 Å². The molecule has 0 N–H and O–H groups in total. The van der Waals surface area contributed by atoms with Crippen molar-refractivity contribution in [3.63, 3.8) is 0 Å². The zero-order chi connectivity index (χ0) is 26.4. The molecule has 0 atom stereocenters. The predicted molar refractivity (Wildman–Crippen MR) is 140 cm³/mol. The Morgan fingerprint density at radius 1 is 0.892 bits per heavy atom. The maximum atomic E-state index is 13.2. The molecule has 4 aromatic rings. The lowest BCUT2D eigenvalue weighted by molar-refractivity contribution is -0.137. The molecule has 3 aromatic carbocycles. The highest BCUT2D eigenvalue weighted by Crippen LogP contribution is 2.37. The number of fused-ring (bicyclic) bond motifs is 1. The molecule has 194 valence electrons. The first-order valence-corrected chi connectivity index (χ1v) is 13.9. The second kappa shape index (κ2) is 9.98. The van der Waals surface area contributed by atoms with Gasteiger partial charge >= 0.3 is 6.18 Å². The van der Waals surface area contributed by atoms with Crippen molar-refractivity contribution in [1.82, 2.24) is 8.87 Å². The molecule has 1 aliphatic rings. The Balaban J connectivity index is 1.36. The number of alkyl halides is 3. The molecule has 1 aromatic heterocycles. The Labute approximate surface area is 223 Å². The molecule has 2 heterocycles. The Morgan fingerprint density at radius 3 is 2.14 bits per heavy atom. The summed E-state index contributed by atoms with van der Waals surface area (Å²) in [4.78, 5) is 0.0802. The Kier molecular flexibility index (Phi) is 7.04. The first-order chi connectivity index (χ1) is 17.5. The van der Waals surface area contributed by atoms with E-state index in [4.69, 9.17) is 23.2 Å². The highest BCUT2D eigenvalue weighted by molar-refractivity contribution is 7.89. The fourth-order valence-electron chi connectivity index (χ4n) is 4.96. The van der Waals surface area contributed by atoms with Crippen LogP contribution in [0.1, 0.15) is 35.4 Å². The van der Waals surface area contributed by atoms with Crippen LogP contribution in [0, 0.1) is 0 Å². The van der Waals surface area contributed by atoms with E-state index in [2.05, 4.69) is 0 Å². The zero-order valence-corrected chi connectivity index (χ0v) is 21.9. The molecule has 0 saturated carbocycles. The minimum absolute atomic E-state index is 0.0802. The van der Waals surface area contributed by atoms with Gasteiger partial charge in [0.1, 0.15) is 0 Å². The van der Waals surface area contributed by atoms with Gasteiger partial charge in [0.25, 0.3) is 0 Å². The van der Waals surface area contributed by atoms with Crippen LogP contribution in [-0.4, -0.2) is 30.4 Å². The monoisotopic (exact) mass is 566 g/mol. The molecule has 0 aliphatic carbocycles. The first-order valence-electron chi connectivity index (χ1n) is 11.7. The average molecular weight is 567 g/mol. The van der Waals surface area contributed by atoms with Gasteiger partial charge in [-0.15, -0.1) is 0 Å². The summed E-state index contributed by atoms with van der Waals surface area (Å²) in [5.41, 5.74) is 2.20. The molecule has 0 spiro atoms. The molecular formula is C27H23Cl2F3N2O2S. The molecule has 10 heteroatoms. The molecule has 1 fully saturated rings. The van der Waals surface area contributed by atoms with Crippen LogP contribution in [0.15, 0.2) is 77.8 Å². The van der Waals surface area contributed by atoms with E-state index in [1.165, 1.54) is 34.6 Å². The lowest BCUT2D eigenvalue weighted by Gasteiger charge is -2.31. The Hall–Kier alpha value is -2.52. The van der Waals surface area contributed by atoms with Crippen LogP contribution in [-0.2, 0) is 22.7 Å². The van der Waals surface area contributed by atoms with Gasteiger partial charge in [0.05, 0.1) is 10.5 Å². The van der Waals surface area contributed by atoms with Crippen molar-refractivity contribution in [3.8, 4) is 0 Å². The van der Waals surface area contributed by atoms with Gasteiger partial charge in [0.2, 0.25) is 10.0 Å². The number of para-hydroxylation sites is 1. The van der Waals surface area contributed by atoms with Crippen molar-refractivity contribution in [2.75, 3.05) is 13.1 Å². The van der Waals surface area contributed by atoms with Gasteiger partial charge in [0.15, 0.2) is 0 Å². The van der Waals surface area contributed by atoms with Gasteiger partial charge in [-0.25, -0.2) is 8.42 Å². The number of piperidine rings is 1. The standard InChI is InChI=1S/C27H23Cl2F3N2O2S/c28-21-13-22(29)15-23(14-21)37(35,36)34-11-9-19(10-12-34)25-17-33(26-4-2-1-3-24(25)26)16-18-5-7-20(8-6-18)27(30,31)32/h1-8,13-15,17,19H,9-12,16H2. The summed E-state index contributed by atoms with van der Waals surface area (Å²) in [5, 5.41) is 1.60. The average Bonchev–Trinajstić information content (AvgIpc) is 3.22. The number of halogens is 5. The molecule has 1 saturated heterocycles. The minimum Gasteiger partial charge on any atom is -0.343 e. The fraction of sp³-hybridized carbons (Fsp3) is 0.259. The van der Waals surface area contributed by atoms with Crippen molar-refractivity contribution in [2.45, 2.75) is 36.4 Å². The quantitative estimate of drug-likeness (QED) is 0.250. The Bertz CT molecular complexity index is 1520. The van der Waals surface area contributed by atoms with Crippen LogP contribution in [0.3, 0.4) is 0 Å². The molecule has 0 bridgehead atoms. The predicted octanol–water partition coefficient (Wildman–Crippen LogP) is 7.58. The number of hydrogen-bond donors (Lipinski definition) is 0. The number of benzene rings is 3. The van der Waals surface area contributed by atoms with Crippen molar-refractivity contribution in [2.24, 2.45) is 0 Å².